The van der Waals surface area contributed by atoms with Crippen molar-refractivity contribution in [2.75, 3.05) is 14.2 Å². The summed E-state index contributed by atoms with van der Waals surface area (Å²) in [6, 6.07) is 14.3. The summed E-state index contributed by atoms with van der Waals surface area (Å²) in [5.74, 6) is 1.87. The van der Waals surface area contributed by atoms with E-state index in [1.165, 1.54) is 0 Å². The lowest BCUT2D eigenvalue weighted by Gasteiger charge is -2.11. The zero-order chi connectivity index (χ0) is 15.1. The van der Waals surface area contributed by atoms with E-state index in [0.29, 0.717) is 17.2 Å². The van der Waals surface area contributed by atoms with Crippen LogP contribution in [0.25, 0.3) is 0 Å². The topological polar surface area (TPSA) is 56.8 Å². The third-order valence-electron chi connectivity index (χ3n) is 2.86. The fraction of sp³-hybridized carbons (Fsp3) is 0.188. The lowest BCUT2D eigenvalue weighted by Crippen LogP contribution is -2.26. The Morgan fingerprint density at radius 2 is 1.76 bits per heavy atom. The smallest absolute Gasteiger partial charge is 0.412 e. The second-order valence-electron chi connectivity index (χ2n) is 4.23. The largest absolute Gasteiger partial charge is 0.497 e. The minimum Gasteiger partial charge on any atom is -0.497 e. The van der Waals surface area contributed by atoms with Crippen molar-refractivity contribution >= 4 is 6.09 Å². The van der Waals surface area contributed by atoms with Crippen molar-refractivity contribution < 1.29 is 19.0 Å². The molecule has 0 unspecified atom stereocenters. The Hall–Kier alpha value is -2.69. The molecule has 5 heteroatoms. The lowest BCUT2D eigenvalue weighted by atomic mass is 10.2. The Kier molecular flexibility index (Phi) is 5.04. The van der Waals surface area contributed by atoms with E-state index in [9.17, 15) is 4.79 Å². The molecule has 0 bridgehead atoms. The van der Waals surface area contributed by atoms with Gasteiger partial charge in [0.25, 0.3) is 0 Å². The molecule has 21 heavy (non-hydrogen) atoms. The van der Waals surface area contributed by atoms with Crippen molar-refractivity contribution in [3.8, 4) is 17.2 Å². The van der Waals surface area contributed by atoms with Gasteiger partial charge in [-0.3, -0.25) is 0 Å². The number of rotatable bonds is 5. The number of carbonyl (C=O) groups is 1. The predicted octanol–water partition coefficient (Wildman–Crippen LogP) is 2.99. The van der Waals surface area contributed by atoms with Crippen molar-refractivity contribution in [3.05, 3.63) is 54.1 Å². The summed E-state index contributed by atoms with van der Waals surface area (Å²) in [5, 5.41) is 2.68. The fourth-order valence-electron chi connectivity index (χ4n) is 1.82. The quantitative estimate of drug-likeness (QED) is 0.918. The first kappa shape index (κ1) is 14.7. The number of nitrogens with one attached hydrogen (secondary N) is 1. The molecule has 0 spiro atoms. The highest BCUT2D eigenvalue weighted by atomic mass is 16.6. The zero-order valence-corrected chi connectivity index (χ0v) is 12.0. The molecule has 2 aromatic carbocycles. The van der Waals surface area contributed by atoms with Gasteiger partial charge in [-0.25, -0.2) is 4.79 Å². The highest BCUT2D eigenvalue weighted by Crippen LogP contribution is 2.23. The number of methoxy groups -OCH3 is 2. The summed E-state index contributed by atoms with van der Waals surface area (Å²) < 4.78 is 15.5. The van der Waals surface area contributed by atoms with E-state index < -0.39 is 6.09 Å². The second kappa shape index (κ2) is 7.19. The summed E-state index contributed by atoms with van der Waals surface area (Å²) in [4.78, 5) is 11.7. The maximum atomic E-state index is 11.7. The Labute approximate surface area is 123 Å². The van der Waals surface area contributed by atoms with Crippen molar-refractivity contribution in [2.45, 2.75) is 6.54 Å². The molecule has 5 nitrogen and oxygen atoms in total. The van der Waals surface area contributed by atoms with Gasteiger partial charge in [0.2, 0.25) is 0 Å². The van der Waals surface area contributed by atoms with Gasteiger partial charge in [0.05, 0.1) is 14.2 Å². The maximum absolute atomic E-state index is 11.7. The Morgan fingerprint density at radius 3 is 2.43 bits per heavy atom. The van der Waals surface area contributed by atoms with Crippen LogP contribution >= 0.6 is 0 Å². The van der Waals surface area contributed by atoms with Gasteiger partial charge in [-0.2, -0.15) is 0 Å². The van der Waals surface area contributed by atoms with Crippen LogP contribution in [0.2, 0.25) is 0 Å². The van der Waals surface area contributed by atoms with Crippen LogP contribution in [0.3, 0.4) is 0 Å². The highest BCUT2D eigenvalue weighted by molar-refractivity contribution is 5.70. The van der Waals surface area contributed by atoms with Gasteiger partial charge in [0, 0.05) is 12.1 Å². The van der Waals surface area contributed by atoms with Crippen LogP contribution in [0, 0.1) is 0 Å². The van der Waals surface area contributed by atoms with Crippen LogP contribution in [-0.2, 0) is 6.54 Å². The lowest BCUT2D eigenvalue weighted by molar-refractivity contribution is 0.200. The van der Waals surface area contributed by atoms with Crippen molar-refractivity contribution in [2.24, 2.45) is 0 Å². The number of amides is 1. The maximum Gasteiger partial charge on any atom is 0.412 e. The fourth-order valence-corrected chi connectivity index (χ4v) is 1.82. The number of hydrogen-bond acceptors (Lipinski definition) is 4. The second-order valence-corrected chi connectivity index (χ2v) is 4.23. The van der Waals surface area contributed by atoms with Crippen LogP contribution in [-0.4, -0.2) is 20.3 Å². The SMILES string of the molecule is COc1ccc(OC)c(CNC(=O)Oc2ccccc2)c1. The zero-order valence-electron chi connectivity index (χ0n) is 12.0. The Bertz CT molecular complexity index is 598. The molecule has 1 N–H and O–H groups in total. The Balaban J connectivity index is 1.97. The van der Waals surface area contributed by atoms with Gasteiger partial charge in [-0.1, -0.05) is 18.2 Å². The van der Waals surface area contributed by atoms with Crippen molar-refractivity contribution in [3.63, 3.8) is 0 Å². The molecule has 0 saturated heterocycles. The van der Waals surface area contributed by atoms with Crippen LogP contribution in [0.4, 0.5) is 4.79 Å². The van der Waals surface area contributed by atoms with E-state index in [1.807, 2.05) is 12.1 Å². The molecule has 0 saturated carbocycles. The first-order valence-corrected chi connectivity index (χ1v) is 6.44. The molecule has 0 atom stereocenters. The standard InChI is InChI=1S/C16H17NO4/c1-19-14-8-9-15(20-2)12(10-14)11-17-16(18)21-13-6-4-3-5-7-13/h3-10H,11H2,1-2H3,(H,17,18). The average Bonchev–Trinajstić information content (AvgIpc) is 2.53. The van der Waals surface area contributed by atoms with Gasteiger partial charge in [-0.05, 0) is 30.3 Å². The number of ether oxygens (including phenoxy) is 3. The van der Waals surface area contributed by atoms with E-state index in [1.54, 1.807) is 50.6 Å². The molecule has 110 valence electrons. The number of carbonyl (C=O) groups excluding carboxylic acids is 1. The minimum atomic E-state index is -0.522. The molecule has 0 aliphatic rings. The summed E-state index contributed by atoms with van der Waals surface area (Å²) >= 11 is 0. The number of benzene rings is 2. The van der Waals surface area contributed by atoms with Crippen LogP contribution in [0.15, 0.2) is 48.5 Å². The molecular formula is C16H17NO4. The van der Waals surface area contributed by atoms with Crippen molar-refractivity contribution in [1.82, 2.24) is 5.32 Å². The first-order chi connectivity index (χ1) is 10.2. The third-order valence-corrected chi connectivity index (χ3v) is 2.86. The normalized spacial score (nSPS) is 9.81. The molecule has 0 aliphatic carbocycles. The first-order valence-electron chi connectivity index (χ1n) is 6.44. The van der Waals surface area contributed by atoms with E-state index >= 15 is 0 Å². The molecular weight excluding hydrogens is 270 g/mol. The Morgan fingerprint density at radius 1 is 1.00 bits per heavy atom. The van der Waals surface area contributed by atoms with E-state index in [0.717, 1.165) is 5.56 Å². The minimum absolute atomic E-state index is 0.284. The summed E-state index contributed by atoms with van der Waals surface area (Å²) in [5.41, 5.74) is 0.807. The summed E-state index contributed by atoms with van der Waals surface area (Å²) in [7, 11) is 3.16. The molecule has 2 rings (SSSR count). The van der Waals surface area contributed by atoms with Gasteiger partial charge in [0.1, 0.15) is 17.2 Å². The van der Waals surface area contributed by atoms with Gasteiger partial charge < -0.3 is 19.5 Å². The van der Waals surface area contributed by atoms with E-state index in [-0.39, 0.29) is 6.54 Å². The number of hydrogen-bond donors (Lipinski definition) is 1. The monoisotopic (exact) mass is 287 g/mol. The summed E-state index contributed by atoms with van der Waals surface area (Å²) in [6.45, 7) is 0.284. The van der Waals surface area contributed by atoms with Crippen molar-refractivity contribution in [1.29, 1.82) is 0 Å². The summed E-state index contributed by atoms with van der Waals surface area (Å²) in [6.07, 6.45) is -0.522. The van der Waals surface area contributed by atoms with Gasteiger partial charge in [-0.15, -0.1) is 0 Å². The van der Waals surface area contributed by atoms with Crippen LogP contribution < -0.4 is 19.5 Å². The highest BCUT2D eigenvalue weighted by Gasteiger charge is 2.08. The van der Waals surface area contributed by atoms with Gasteiger partial charge in [0.15, 0.2) is 0 Å². The van der Waals surface area contributed by atoms with Gasteiger partial charge >= 0.3 is 6.09 Å². The van der Waals surface area contributed by atoms with Crippen LogP contribution in [0.5, 0.6) is 17.2 Å². The molecule has 0 radical (unpaired) electrons. The number of para-hydroxylation sites is 1. The predicted molar refractivity (Wildman–Crippen MR) is 78.9 cm³/mol. The third kappa shape index (κ3) is 4.14. The molecule has 0 fully saturated rings. The molecule has 0 aromatic heterocycles. The molecule has 0 aliphatic heterocycles. The molecule has 1 amide bonds. The molecule has 2 aromatic rings. The van der Waals surface area contributed by atoms with E-state index in [2.05, 4.69) is 5.32 Å². The van der Waals surface area contributed by atoms with E-state index in [4.69, 9.17) is 14.2 Å². The average molecular weight is 287 g/mol. The molecule has 0 heterocycles. The van der Waals surface area contributed by atoms with Crippen LogP contribution in [0.1, 0.15) is 5.56 Å².